The number of carbonyl (C=O) groups excluding carboxylic acids is 2. The van der Waals surface area contributed by atoms with Gasteiger partial charge in [0.1, 0.15) is 0 Å². The van der Waals surface area contributed by atoms with Gasteiger partial charge in [0.05, 0.1) is 5.92 Å². The number of hydrogen-bond acceptors (Lipinski definition) is 6. The van der Waals surface area contributed by atoms with Gasteiger partial charge >= 0.3 is 0 Å². The van der Waals surface area contributed by atoms with Crippen LogP contribution in [0.15, 0.2) is 24.3 Å². The second kappa shape index (κ2) is 15.0. The van der Waals surface area contributed by atoms with Gasteiger partial charge in [0.25, 0.3) is 11.9 Å². The van der Waals surface area contributed by atoms with Crippen molar-refractivity contribution in [3.8, 4) is 0 Å². The van der Waals surface area contributed by atoms with Crippen molar-refractivity contribution in [3.63, 3.8) is 0 Å². The summed E-state index contributed by atoms with van der Waals surface area (Å²) in [5.41, 5.74) is 8.86. The fourth-order valence-electron chi connectivity index (χ4n) is 3.92. The number of nitrogens with two attached hydrogens (primary N) is 1. The molecule has 2 aliphatic heterocycles. The number of hydrogen-bond donors (Lipinski definition) is 4. The van der Waals surface area contributed by atoms with Gasteiger partial charge in [-0.25, -0.2) is 0 Å². The second-order valence-corrected chi connectivity index (χ2v) is 8.58. The Morgan fingerprint density at radius 3 is 2.18 bits per heavy atom. The molecule has 3 rings (SSSR count). The second-order valence-electron chi connectivity index (χ2n) is 8.58. The van der Waals surface area contributed by atoms with Crippen molar-refractivity contribution in [1.29, 1.82) is 0 Å². The minimum atomic E-state index is -0.833. The van der Waals surface area contributed by atoms with Gasteiger partial charge in [0.2, 0.25) is 11.8 Å². The van der Waals surface area contributed by atoms with E-state index < -0.39 is 11.9 Å². The van der Waals surface area contributed by atoms with Crippen LogP contribution in [0.1, 0.15) is 44.7 Å². The first kappa shape index (κ1) is 29.1. The maximum atomic E-state index is 12.6. The molecule has 0 aromatic heterocycles. The highest BCUT2D eigenvalue weighted by atomic mass is 16.4. The lowest BCUT2D eigenvalue weighted by molar-refractivity contribution is -0.135. The molecule has 1 aromatic carbocycles. The summed E-state index contributed by atoms with van der Waals surface area (Å²) in [6.07, 6.45) is 2.59. The fraction of sp³-hybridized carbons (Fsp3) is 0.583. The van der Waals surface area contributed by atoms with Crippen molar-refractivity contribution in [2.45, 2.75) is 52.6 Å². The van der Waals surface area contributed by atoms with E-state index in [9.17, 15) is 9.59 Å². The lowest BCUT2D eigenvalue weighted by Crippen LogP contribution is -2.43. The Labute approximate surface area is 201 Å². The number of aliphatic carboxylic acids is 2. The van der Waals surface area contributed by atoms with E-state index in [-0.39, 0.29) is 23.8 Å². The highest BCUT2D eigenvalue weighted by Crippen LogP contribution is 2.18. The van der Waals surface area contributed by atoms with E-state index in [1.165, 1.54) is 11.1 Å². The molecular formula is C24H38N4O6. The summed E-state index contributed by atoms with van der Waals surface area (Å²) in [5.74, 6) is -1.79. The van der Waals surface area contributed by atoms with Crippen molar-refractivity contribution in [2.75, 3.05) is 32.7 Å². The Hall–Kier alpha value is -2.98. The highest BCUT2D eigenvalue weighted by molar-refractivity contribution is 5.80. The van der Waals surface area contributed by atoms with Gasteiger partial charge in [-0.05, 0) is 30.4 Å². The Morgan fingerprint density at radius 2 is 1.59 bits per heavy atom. The van der Waals surface area contributed by atoms with E-state index >= 15 is 0 Å². The van der Waals surface area contributed by atoms with Gasteiger partial charge in [0.15, 0.2) is 0 Å². The van der Waals surface area contributed by atoms with Crippen molar-refractivity contribution >= 4 is 23.8 Å². The molecule has 0 aliphatic carbocycles. The summed E-state index contributed by atoms with van der Waals surface area (Å²) in [4.78, 5) is 46.4. The summed E-state index contributed by atoms with van der Waals surface area (Å²) in [6.45, 7) is 8.21. The van der Waals surface area contributed by atoms with E-state index in [1.807, 2.05) is 0 Å². The lowest BCUT2D eigenvalue weighted by atomic mass is 10.00. The predicted molar refractivity (Wildman–Crippen MR) is 128 cm³/mol. The topological polar surface area (TPSA) is 153 Å². The summed E-state index contributed by atoms with van der Waals surface area (Å²) in [7, 11) is 0. The molecular weight excluding hydrogens is 440 g/mol. The molecule has 0 bridgehead atoms. The van der Waals surface area contributed by atoms with Crippen LogP contribution >= 0.6 is 0 Å². The zero-order valence-corrected chi connectivity index (χ0v) is 20.3. The average molecular weight is 479 g/mol. The SMILES string of the molecule is CC(=O)N1C[C@@H](N)CC[C@@H](C(=O)NCCN2CCc3ccccc3C2)C1.CC(=O)O.CC(=O)O. The van der Waals surface area contributed by atoms with Crippen LogP contribution in [0, 0.1) is 5.92 Å². The van der Waals surface area contributed by atoms with Crippen LogP contribution in [0.25, 0.3) is 0 Å². The minimum absolute atomic E-state index is 0.00729. The summed E-state index contributed by atoms with van der Waals surface area (Å²) >= 11 is 0. The third kappa shape index (κ3) is 11.8. The lowest BCUT2D eigenvalue weighted by Gasteiger charge is -2.29. The van der Waals surface area contributed by atoms with Crippen LogP contribution in [-0.4, -0.2) is 82.5 Å². The molecule has 2 aliphatic rings. The number of nitrogens with one attached hydrogen (secondary N) is 1. The van der Waals surface area contributed by atoms with Gasteiger partial charge in [-0.2, -0.15) is 0 Å². The average Bonchev–Trinajstić information content (AvgIpc) is 2.95. The van der Waals surface area contributed by atoms with Crippen LogP contribution in [0.3, 0.4) is 0 Å². The fourth-order valence-corrected chi connectivity index (χ4v) is 3.92. The number of carboxylic acids is 2. The van der Waals surface area contributed by atoms with Crippen molar-refractivity contribution < 1.29 is 29.4 Å². The van der Waals surface area contributed by atoms with Gasteiger partial charge in [0, 0.05) is 66.1 Å². The molecule has 1 aromatic rings. The first-order chi connectivity index (χ1) is 16.0. The number of rotatable bonds is 4. The first-order valence-corrected chi connectivity index (χ1v) is 11.5. The number of likely N-dealkylation sites (tertiary alicyclic amines) is 1. The Kier molecular flexibility index (Phi) is 12.8. The van der Waals surface area contributed by atoms with E-state index in [0.29, 0.717) is 19.6 Å². The molecule has 0 saturated carbocycles. The summed E-state index contributed by atoms with van der Waals surface area (Å²) in [6, 6.07) is 8.53. The van der Waals surface area contributed by atoms with E-state index in [1.54, 1.807) is 11.8 Å². The summed E-state index contributed by atoms with van der Waals surface area (Å²) < 4.78 is 0. The molecule has 10 heteroatoms. The molecule has 5 N–H and O–H groups in total. The quantitative estimate of drug-likeness (QED) is 0.498. The molecule has 10 nitrogen and oxygen atoms in total. The number of carbonyl (C=O) groups is 4. The number of fused-ring (bicyclic) bond motifs is 1. The normalized spacial score (nSPS) is 19.7. The smallest absolute Gasteiger partial charge is 0.300 e. The molecule has 1 saturated heterocycles. The van der Waals surface area contributed by atoms with Crippen LogP contribution in [0.4, 0.5) is 0 Å². The third-order valence-electron chi connectivity index (χ3n) is 5.53. The van der Waals surface area contributed by atoms with E-state index in [4.69, 9.17) is 25.5 Å². The van der Waals surface area contributed by atoms with Gasteiger partial charge < -0.3 is 26.2 Å². The van der Waals surface area contributed by atoms with Gasteiger partial charge in [-0.1, -0.05) is 24.3 Å². The number of benzene rings is 1. The van der Waals surface area contributed by atoms with Crippen molar-refractivity contribution in [3.05, 3.63) is 35.4 Å². The van der Waals surface area contributed by atoms with Crippen LogP contribution in [0.5, 0.6) is 0 Å². The Morgan fingerprint density at radius 1 is 1.00 bits per heavy atom. The van der Waals surface area contributed by atoms with Crippen molar-refractivity contribution in [2.24, 2.45) is 11.7 Å². The molecule has 2 heterocycles. The zero-order chi connectivity index (χ0) is 25.7. The largest absolute Gasteiger partial charge is 0.481 e. The number of nitrogens with zero attached hydrogens (tertiary/aromatic N) is 2. The Bertz CT molecular complexity index is 811. The maximum Gasteiger partial charge on any atom is 0.300 e. The predicted octanol–water partition coefficient (Wildman–Crippen LogP) is 0.929. The van der Waals surface area contributed by atoms with Crippen LogP contribution in [0.2, 0.25) is 0 Å². The molecule has 190 valence electrons. The summed E-state index contributed by atoms with van der Waals surface area (Å²) in [5, 5.41) is 17.9. The monoisotopic (exact) mass is 478 g/mol. The molecule has 2 atom stereocenters. The molecule has 0 unspecified atom stereocenters. The molecule has 2 amide bonds. The van der Waals surface area contributed by atoms with Crippen molar-refractivity contribution in [1.82, 2.24) is 15.1 Å². The van der Waals surface area contributed by atoms with Gasteiger partial charge in [-0.15, -0.1) is 0 Å². The minimum Gasteiger partial charge on any atom is -0.481 e. The van der Waals surface area contributed by atoms with E-state index in [0.717, 1.165) is 52.7 Å². The maximum absolute atomic E-state index is 12.6. The molecule has 0 radical (unpaired) electrons. The first-order valence-electron chi connectivity index (χ1n) is 11.5. The molecule has 1 fully saturated rings. The standard InChI is InChI=1S/C20H30N4O2.2C2H4O2/c1-15(25)24-13-18(6-7-19(21)14-24)20(26)22-9-11-23-10-8-16-4-2-3-5-17(16)12-23;2*1-2(3)4/h2-5,18-19H,6-14,21H2,1H3,(H,22,26);2*1H3,(H,3,4)/t18-,19+;;/m1../s1. The number of carboxylic acid groups (broad SMARTS) is 2. The number of amides is 2. The molecule has 34 heavy (non-hydrogen) atoms. The zero-order valence-electron chi connectivity index (χ0n) is 20.3. The molecule has 0 spiro atoms. The Balaban J connectivity index is 0.000000629. The highest BCUT2D eigenvalue weighted by Gasteiger charge is 2.28. The third-order valence-corrected chi connectivity index (χ3v) is 5.53. The van der Waals surface area contributed by atoms with Gasteiger partial charge in [-0.3, -0.25) is 24.1 Å². The van der Waals surface area contributed by atoms with E-state index in [2.05, 4.69) is 34.5 Å². The van der Waals surface area contributed by atoms with Crippen LogP contribution < -0.4 is 11.1 Å². The van der Waals surface area contributed by atoms with Crippen LogP contribution in [-0.2, 0) is 32.1 Å².